The van der Waals surface area contributed by atoms with Crippen molar-refractivity contribution in [1.82, 2.24) is 29.5 Å². The molecule has 1 N–H and O–H groups in total. The number of nitrogens with zero attached hydrogens (tertiary/aromatic N) is 5. The molecular weight excluding hydrogens is 480 g/mol. The molecule has 1 spiro atoms. The van der Waals surface area contributed by atoms with Gasteiger partial charge in [-0.05, 0) is 69.4 Å². The number of hydrogen-bond acceptors (Lipinski definition) is 6. The van der Waals surface area contributed by atoms with E-state index in [1.807, 2.05) is 15.9 Å². The third-order valence-electron chi connectivity index (χ3n) is 9.57. The zero-order chi connectivity index (χ0) is 25.3. The Hall–Kier alpha value is -2.29. The number of rotatable bonds is 4. The van der Waals surface area contributed by atoms with Crippen LogP contribution in [0.15, 0.2) is 12.5 Å². The van der Waals surface area contributed by atoms with Gasteiger partial charge in [0.25, 0.3) is 0 Å². The lowest BCUT2D eigenvalue weighted by atomic mass is 9.71. The highest BCUT2D eigenvalue weighted by Gasteiger charge is 2.46. The average molecular weight is 519 g/mol. The minimum absolute atomic E-state index is 0.379. The van der Waals surface area contributed by atoms with E-state index in [4.69, 9.17) is 9.72 Å². The monoisotopic (exact) mass is 518 g/mol. The topological polar surface area (TPSA) is 71.3 Å². The van der Waals surface area contributed by atoms with Gasteiger partial charge in [0.1, 0.15) is 16.7 Å². The zero-order valence-electron chi connectivity index (χ0n) is 22.5. The van der Waals surface area contributed by atoms with Crippen LogP contribution in [-0.2, 0) is 4.74 Å². The number of hydrogen-bond donors (Lipinski definition) is 1. The van der Waals surface area contributed by atoms with Gasteiger partial charge in [-0.25, -0.2) is 14.5 Å². The van der Waals surface area contributed by atoms with Crippen molar-refractivity contribution in [2.24, 2.45) is 5.41 Å². The standard InChI is InChI=1S/C29H38N6OS/c1-17(2)23-24(22-13-35-26(30-16-31-35)19(4)18(22)3)32-28-25(23)33-27(37-28)20-5-7-21(8-6-20)34-14-29(15-34)9-11-36-12-10-29/h13,16-17,20-21,32H,5-12,14-15H2,1-4H3. The van der Waals surface area contributed by atoms with E-state index in [-0.39, 0.29) is 0 Å². The fourth-order valence-corrected chi connectivity index (χ4v) is 8.34. The summed E-state index contributed by atoms with van der Waals surface area (Å²) in [6.07, 6.45) is 11.4. The molecule has 3 aliphatic rings. The summed E-state index contributed by atoms with van der Waals surface area (Å²) in [6, 6.07) is 0.769. The highest BCUT2D eigenvalue weighted by atomic mass is 32.1. The summed E-state index contributed by atoms with van der Waals surface area (Å²) in [5, 5.41) is 5.75. The number of pyridine rings is 1. The summed E-state index contributed by atoms with van der Waals surface area (Å²) in [7, 11) is 0. The lowest BCUT2D eigenvalue weighted by molar-refractivity contribution is -0.102. The number of likely N-dealkylation sites (tertiary alicyclic amines) is 1. The molecule has 8 heteroatoms. The van der Waals surface area contributed by atoms with E-state index in [1.165, 1.54) is 94.9 Å². The van der Waals surface area contributed by atoms with E-state index in [0.717, 1.165) is 24.9 Å². The third kappa shape index (κ3) is 3.86. The Morgan fingerprint density at radius 3 is 2.57 bits per heavy atom. The van der Waals surface area contributed by atoms with Crippen LogP contribution in [-0.4, -0.2) is 61.8 Å². The maximum Gasteiger partial charge on any atom is 0.158 e. The molecule has 0 amide bonds. The Bertz CT molecular complexity index is 1440. The van der Waals surface area contributed by atoms with Crippen LogP contribution >= 0.6 is 11.3 Å². The number of aromatic amines is 1. The largest absolute Gasteiger partial charge is 0.381 e. The fourth-order valence-electron chi connectivity index (χ4n) is 7.19. The molecule has 1 aliphatic carbocycles. The predicted octanol–water partition coefficient (Wildman–Crippen LogP) is 6.21. The summed E-state index contributed by atoms with van der Waals surface area (Å²) in [5.41, 5.74) is 8.82. The maximum atomic E-state index is 5.61. The second-order valence-corrected chi connectivity index (χ2v) is 13.2. The number of aryl methyl sites for hydroxylation is 1. The molecule has 0 aromatic carbocycles. The van der Waals surface area contributed by atoms with Crippen molar-refractivity contribution in [3.05, 3.63) is 34.2 Å². The smallest absolute Gasteiger partial charge is 0.158 e. The van der Waals surface area contributed by atoms with Gasteiger partial charge in [-0.3, -0.25) is 4.90 Å². The van der Waals surface area contributed by atoms with Crippen LogP contribution < -0.4 is 0 Å². The van der Waals surface area contributed by atoms with Crippen molar-refractivity contribution in [1.29, 1.82) is 0 Å². The van der Waals surface area contributed by atoms with Crippen LogP contribution in [0.2, 0.25) is 0 Å². The van der Waals surface area contributed by atoms with Gasteiger partial charge in [0.15, 0.2) is 5.65 Å². The Morgan fingerprint density at radius 1 is 1.08 bits per heavy atom. The minimum atomic E-state index is 0.379. The number of fused-ring (bicyclic) bond motifs is 2. The van der Waals surface area contributed by atoms with Gasteiger partial charge < -0.3 is 9.72 Å². The van der Waals surface area contributed by atoms with E-state index in [0.29, 0.717) is 17.3 Å². The van der Waals surface area contributed by atoms with Crippen LogP contribution in [0.4, 0.5) is 0 Å². The number of thiazole rings is 1. The van der Waals surface area contributed by atoms with Gasteiger partial charge in [-0.2, -0.15) is 5.10 Å². The van der Waals surface area contributed by atoms with Gasteiger partial charge in [-0.1, -0.05) is 13.8 Å². The van der Waals surface area contributed by atoms with Crippen LogP contribution in [0, 0.1) is 19.3 Å². The van der Waals surface area contributed by atoms with Crippen molar-refractivity contribution in [3.8, 4) is 11.3 Å². The van der Waals surface area contributed by atoms with Crippen molar-refractivity contribution in [2.75, 3.05) is 26.3 Å². The van der Waals surface area contributed by atoms with Gasteiger partial charge in [-0.15, -0.1) is 11.3 Å². The average Bonchev–Trinajstić information content (AvgIpc) is 3.59. The van der Waals surface area contributed by atoms with Gasteiger partial charge in [0, 0.05) is 61.0 Å². The van der Waals surface area contributed by atoms with E-state index in [9.17, 15) is 0 Å². The highest BCUT2D eigenvalue weighted by molar-refractivity contribution is 7.18. The SMILES string of the molecule is Cc1c(-c2[nH]c3sc(C4CCC(N5CC6(CCOCC6)C5)CC4)nc3c2C(C)C)cn2ncnc2c1C. The van der Waals surface area contributed by atoms with Crippen molar-refractivity contribution < 1.29 is 4.74 Å². The first-order valence-electron chi connectivity index (χ1n) is 14.1. The molecule has 37 heavy (non-hydrogen) atoms. The summed E-state index contributed by atoms with van der Waals surface area (Å²) >= 11 is 1.88. The Morgan fingerprint density at radius 2 is 1.84 bits per heavy atom. The second kappa shape index (κ2) is 8.89. The molecule has 7 nitrogen and oxygen atoms in total. The van der Waals surface area contributed by atoms with Crippen LogP contribution in [0.1, 0.15) is 85.9 Å². The number of nitrogens with one attached hydrogen (secondary N) is 1. The van der Waals surface area contributed by atoms with Crippen molar-refractivity contribution >= 4 is 27.3 Å². The molecule has 2 aliphatic heterocycles. The van der Waals surface area contributed by atoms with Crippen LogP contribution in [0.5, 0.6) is 0 Å². The van der Waals surface area contributed by atoms with Gasteiger partial charge in [0.2, 0.25) is 0 Å². The molecule has 0 bridgehead atoms. The molecule has 0 unspecified atom stereocenters. The van der Waals surface area contributed by atoms with E-state index < -0.39 is 0 Å². The molecule has 196 valence electrons. The quantitative estimate of drug-likeness (QED) is 0.348. The molecule has 7 rings (SSSR count). The summed E-state index contributed by atoms with van der Waals surface area (Å²) in [4.78, 5) is 17.5. The van der Waals surface area contributed by atoms with E-state index >= 15 is 0 Å². The first-order valence-corrected chi connectivity index (χ1v) is 14.9. The summed E-state index contributed by atoms with van der Waals surface area (Å²) in [6.45, 7) is 13.4. The zero-order valence-corrected chi connectivity index (χ0v) is 23.3. The van der Waals surface area contributed by atoms with E-state index in [1.54, 1.807) is 6.33 Å². The lowest BCUT2D eigenvalue weighted by Crippen LogP contribution is -2.61. The molecular formula is C29H38N6OS. The molecule has 3 fully saturated rings. The highest BCUT2D eigenvalue weighted by Crippen LogP contribution is 2.46. The maximum absolute atomic E-state index is 5.61. The molecule has 6 heterocycles. The molecule has 4 aromatic heterocycles. The Labute approximate surface area is 222 Å². The van der Waals surface area contributed by atoms with E-state index in [2.05, 4.69) is 53.9 Å². The Kier molecular flexibility index (Phi) is 5.72. The molecule has 4 aromatic rings. The van der Waals surface area contributed by atoms with Crippen molar-refractivity contribution in [3.63, 3.8) is 0 Å². The van der Waals surface area contributed by atoms with Gasteiger partial charge in [0.05, 0.1) is 10.7 Å². The third-order valence-corrected chi connectivity index (χ3v) is 10.7. The van der Waals surface area contributed by atoms with Gasteiger partial charge >= 0.3 is 0 Å². The lowest BCUT2D eigenvalue weighted by Gasteiger charge is -2.56. The normalized spacial score (nSPS) is 24.5. The second-order valence-electron chi connectivity index (χ2n) is 12.1. The molecule has 0 radical (unpaired) electrons. The number of aromatic nitrogens is 5. The van der Waals surface area contributed by atoms with Crippen LogP contribution in [0.3, 0.4) is 0 Å². The number of ether oxygens (including phenoxy) is 1. The van der Waals surface area contributed by atoms with Crippen LogP contribution in [0.25, 0.3) is 27.3 Å². The minimum Gasteiger partial charge on any atom is -0.381 e. The molecule has 0 atom stereocenters. The number of H-pyrrole nitrogens is 1. The fraction of sp³-hybridized carbons (Fsp3) is 0.621. The predicted molar refractivity (Wildman–Crippen MR) is 149 cm³/mol. The molecule has 1 saturated carbocycles. The Balaban J connectivity index is 1.12. The summed E-state index contributed by atoms with van der Waals surface area (Å²) < 4.78 is 7.51. The summed E-state index contributed by atoms with van der Waals surface area (Å²) in [5.74, 6) is 0.976. The first kappa shape index (κ1) is 23.8. The molecule has 2 saturated heterocycles. The van der Waals surface area contributed by atoms with Crippen molar-refractivity contribution in [2.45, 2.75) is 84.1 Å². The first-order chi connectivity index (χ1) is 17.9.